The van der Waals surface area contributed by atoms with Crippen LogP contribution < -0.4 is 0 Å². The topological polar surface area (TPSA) is 101 Å². The first kappa shape index (κ1) is 21.3. The molecule has 1 aromatic heterocycles. The molecule has 30 heavy (non-hydrogen) atoms. The first-order chi connectivity index (χ1) is 14.3. The molecule has 2 aliphatic heterocycles. The van der Waals surface area contributed by atoms with Gasteiger partial charge < -0.3 is 4.90 Å². The number of carbonyl (C=O) groups is 1. The molecular weight excluding hydrogens is 424 g/mol. The lowest BCUT2D eigenvalue weighted by molar-refractivity contribution is -0.130. The van der Waals surface area contributed by atoms with Crippen molar-refractivity contribution >= 4 is 27.5 Å². The van der Waals surface area contributed by atoms with Gasteiger partial charge in [0.1, 0.15) is 0 Å². The molecule has 9 nitrogen and oxygen atoms in total. The van der Waals surface area contributed by atoms with Crippen molar-refractivity contribution in [2.24, 2.45) is 0 Å². The molecule has 0 N–H and O–H groups in total. The third kappa shape index (κ3) is 4.68. The lowest BCUT2D eigenvalue weighted by Gasteiger charge is -2.37. The quantitative estimate of drug-likeness (QED) is 0.614. The Kier molecular flexibility index (Phi) is 6.12. The van der Waals surface area contributed by atoms with E-state index in [1.165, 1.54) is 17.3 Å². The van der Waals surface area contributed by atoms with Crippen LogP contribution in [-0.4, -0.2) is 93.8 Å². The van der Waals surface area contributed by atoms with Gasteiger partial charge in [0, 0.05) is 32.2 Å². The van der Waals surface area contributed by atoms with Crippen molar-refractivity contribution in [2.45, 2.75) is 31.5 Å². The third-order valence-electron chi connectivity index (χ3n) is 5.89. The minimum absolute atomic E-state index is 0.0494. The molecule has 2 fully saturated rings. The molecule has 2 aliphatic rings. The number of carbonyl (C=O) groups excluding carboxylic acids is 1. The van der Waals surface area contributed by atoms with Crippen LogP contribution >= 0.6 is 11.8 Å². The maximum atomic E-state index is 12.7. The molecule has 0 unspecified atom stereocenters. The number of rotatable bonds is 5. The summed E-state index contributed by atoms with van der Waals surface area (Å²) in [6.07, 6.45) is 0.702. The molecule has 11 heteroatoms. The maximum Gasteiger partial charge on any atom is 0.233 e. The number of aryl methyl sites for hydroxylation is 2. The molecule has 2 saturated heterocycles. The standard InChI is InChI=1S/C19H26N6O3S2/c1-14-3-4-16(11-15(14)2)25-19(20-21-22-25)29-12-18(26)24-8-6-23(7-9-24)17-5-10-30(27,28)13-17/h3-4,11,17H,5-10,12-13H2,1-2H3/t17-/m0/s1. The van der Waals surface area contributed by atoms with Gasteiger partial charge in [0.25, 0.3) is 0 Å². The Bertz CT molecular complexity index is 1030. The van der Waals surface area contributed by atoms with Crippen molar-refractivity contribution in [1.82, 2.24) is 30.0 Å². The highest BCUT2D eigenvalue weighted by molar-refractivity contribution is 7.99. The zero-order valence-electron chi connectivity index (χ0n) is 17.2. The number of thioether (sulfide) groups is 1. The van der Waals surface area contributed by atoms with E-state index in [9.17, 15) is 13.2 Å². The van der Waals surface area contributed by atoms with Crippen molar-refractivity contribution in [3.8, 4) is 5.69 Å². The summed E-state index contributed by atoms with van der Waals surface area (Å²) in [4.78, 5) is 16.7. The fourth-order valence-electron chi connectivity index (χ4n) is 3.91. The Morgan fingerprint density at radius 1 is 1.17 bits per heavy atom. The largest absolute Gasteiger partial charge is 0.339 e. The summed E-state index contributed by atoms with van der Waals surface area (Å²) in [6, 6.07) is 6.12. The maximum absolute atomic E-state index is 12.7. The summed E-state index contributed by atoms with van der Waals surface area (Å²) in [7, 11) is -2.89. The van der Waals surface area contributed by atoms with Crippen LogP contribution in [0.5, 0.6) is 0 Å². The van der Waals surface area contributed by atoms with E-state index in [0.29, 0.717) is 24.7 Å². The van der Waals surface area contributed by atoms with Crippen LogP contribution in [0.15, 0.2) is 23.4 Å². The molecule has 0 bridgehead atoms. The van der Waals surface area contributed by atoms with E-state index in [-0.39, 0.29) is 29.2 Å². The number of sulfone groups is 1. The van der Waals surface area contributed by atoms with E-state index in [1.807, 2.05) is 30.0 Å². The highest BCUT2D eigenvalue weighted by Crippen LogP contribution is 2.22. The fourth-order valence-corrected chi connectivity index (χ4v) is 6.46. The number of amides is 1. The lowest BCUT2D eigenvalue weighted by atomic mass is 10.1. The first-order valence-electron chi connectivity index (χ1n) is 10.0. The summed E-state index contributed by atoms with van der Waals surface area (Å²) >= 11 is 1.33. The van der Waals surface area contributed by atoms with Crippen LogP contribution in [0.3, 0.4) is 0 Å². The van der Waals surface area contributed by atoms with E-state index in [1.54, 1.807) is 4.68 Å². The second kappa shape index (κ2) is 8.64. The van der Waals surface area contributed by atoms with Crippen molar-refractivity contribution in [3.05, 3.63) is 29.3 Å². The highest BCUT2D eigenvalue weighted by Gasteiger charge is 2.34. The van der Waals surface area contributed by atoms with E-state index < -0.39 is 9.84 Å². The summed E-state index contributed by atoms with van der Waals surface area (Å²) in [5, 5.41) is 12.5. The Morgan fingerprint density at radius 3 is 2.60 bits per heavy atom. The SMILES string of the molecule is Cc1ccc(-n2nnnc2SCC(=O)N2CCN([C@H]3CCS(=O)(=O)C3)CC2)cc1C. The Labute approximate surface area is 180 Å². The van der Waals surface area contributed by atoms with Crippen molar-refractivity contribution in [2.75, 3.05) is 43.4 Å². The van der Waals surface area contributed by atoms with Gasteiger partial charge in [-0.05, 0) is 54.0 Å². The van der Waals surface area contributed by atoms with E-state index in [0.717, 1.165) is 24.3 Å². The molecule has 2 aromatic rings. The molecule has 1 atom stereocenters. The van der Waals surface area contributed by atoms with Gasteiger partial charge in [-0.1, -0.05) is 17.8 Å². The smallest absolute Gasteiger partial charge is 0.233 e. The summed E-state index contributed by atoms with van der Waals surface area (Å²) in [6.45, 7) is 6.78. The normalized spacial score (nSPS) is 21.8. The van der Waals surface area contributed by atoms with Crippen molar-refractivity contribution < 1.29 is 13.2 Å². The molecule has 0 radical (unpaired) electrons. The van der Waals surface area contributed by atoms with E-state index >= 15 is 0 Å². The number of hydrogen-bond donors (Lipinski definition) is 0. The minimum atomic E-state index is -2.89. The number of tetrazole rings is 1. The average molecular weight is 451 g/mol. The molecule has 0 spiro atoms. The molecule has 4 rings (SSSR count). The van der Waals surface area contributed by atoms with E-state index in [2.05, 4.69) is 27.3 Å². The van der Waals surface area contributed by atoms with Crippen LogP contribution in [-0.2, 0) is 14.6 Å². The van der Waals surface area contributed by atoms with Gasteiger partial charge in [0.2, 0.25) is 11.1 Å². The van der Waals surface area contributed by atoms with Crippen LogP contribution in [0.4, 0.5) is 0 Å². The molecule has 0 aliphatic carbocycles. The molecule has 1 aromatic carbocycles. The Balaban J connectivity index is 1.31. The van der Waals surface area contributed by atoms with Gasteiger partial charge in [-0.25, -0.2) is 8.42 Å². The monoisotopic (exact) mass is 450 g/mol. The molecular formula is C19H26N6O3S2. The van der Waals surface area contributed by atoms with Gasteiger partial charge in [-0.3, -0.25) is 9.69 Å². The third-order valence-corrected chi connectivity index (χ3v) is 8.55. The summed E-state index contributed by atoms with van der Waals surface area (Å²) in [5.74, 6) is 0.845. The number of nitrogens with zero attached hydrogens (tertiary/aromatic N) is 6. The van der Waals surface area contributed by atoms with Gasteiger partial charge in [0.05, 0.1) is 22.9 Å². The van der Waals surface area contributed by atoms with Crippen LogP contribution in [0.25, 0.3) is 5.69 Å². The second-order valence-corrected chi connectivity index (χ2v) is 11.1. The summed E-state index contributed by atoms with van der Waals surface area (Å²) < 4.78 is 25.1. The molecule has 3 heterocycles. The van der Waals surface area contributed by atoms with Crippen LogP contribution in [0, 0.1) is 13.8 Å². The van der Waals surface area contributed by atoms with Gasteiger partial charge >= 0.3 is 0 Å². The predicted octanol–water partition coefficient (Wildman–Crippen LogP) is 0.703. The van der Waals surface area contributed by atoms with E-state index in [4.69, 9.17) is 0 Å². The number of benzene rings is 1. The van der Waals surface area contributed by atoms with Crippen molar-refractivity contribution in [1.29, 1.82) is 0 Å². The van der Waals surface area contributed by atoms with Gasteiger partial charge in [0.15, 0.2) is 9.84 Å². The molecule has 1 amide bonds. The van der Waals surface area contributed by atoms with Gasteiger partial charge in [-0.15, -0.1) is 5.10 Å². The fraction of sp³-hybridized carbons (Fsp3) is 0.579. The van der Waals surface area contributed by atoms with Crippen LogP contribution in [0.2, 0.25) is 0 Å². The number of aromatic nitrogens is 4. The molecule has 162 valence electrons. The highest BCUT2D eigenvalue weighted by atomic mass is 32.2. The number of piperazine rings is 1. The number of hydrogen-bond acceptors (Lipinski definition) is 8. The van der Waals surface area contributed by atoms with Crippen molar-refractivity contribution in [3.63, 3.8) is 0 Å². The zero-order valence-corrected chi connectivity index (χ0v) is 18.8. The zero-order chi connectivity index (χ0) is 21.3. The van der Waals surface area contributed by atoms with Crippen LogP contribution in [0.1, 0.15) is 17.5 Å². The lowest BCUT2D eigenvalue weighted by Crippen LogP contribution is -2.52. The van der Waals surface area contributed by atoms with Gasteiger partial charge in [-0.2, -0.15) is 4.68 Å². The average Bonchev–Trinajstić information content (AvgIpc) is 3.34. The Hall–Kier alpha value is -1.98. The summed E-state index contributed by atoms with van der Waals surface area (Å²) in [5.41, 5.74) is 3.23. The second-order valence-electron chi connectivity index (χ2n) is 7.90. The first-order valence-corrected chi connectivity index (χ1v) is 12.8. The minimum Gasteiger partial charge on any atom is -0.339 e. The predicted molar refractivity (Wildman–Crippen MR) is 115 cm³/mol. The molecule has 0 saturated carbocycles. The Morgan fingerprint density at radius 2 is 1.93 bits per heavy atom.